The van der Waals surface area contributed by atoms with E-state index in [1.165, 1.54) is 0 Å². The number of hydrogen-bond donors (Lipinski definition) is 1. The summed E-state index contributed by atoms with van der Waals surface area (Å²) in [5.41, 5.74) is 0. The van der Waals surface area contributed by atoms with E-state index in [1.807, 2.05) is 16.7 Å². The van der Waals surface area contributed by atoms with Gasteiger partial charge in [-0.05, 0) is 31.6 Å². The van der Waals surface area contributed by atoms with Crippen molar-refractivity contribution in [1.29, 1.82) is 0 Å². The minimum Gasteiger partial charge on any atom is -0.379 e. The average molecular weight is 352 g/mol. The molecule has 0 spiro atoms. The third-order valence-electron chi connectivity index (χ3n) is 5.86. The van der Waals surface area contributed by atoms with Crippen molar-refractivity contribution < 1.29 is 14.3 Å². The highest BCUT2D eigenvalue weighted by Gasteiger charge is 2.36. The van der Waals surface area contributed by atoms with E-state index in [1.54, 1.807) is 0 Å². The number of amides is 3. The van der Waals surface area contributed by atoms with Gasteiger partial charge in [0, 0.05) is 58.8 Å². The van der Waals surface area contributed by atoms with Crippen molar-refractivity contribution in [3.8, 4) is 0 Å². The van der Waals surface area contributed by atoms with E-state index < -0.39 is 0 Å². The van der Waals surface area contributed by atoms with Gasteiger partial charge in [0.05, 0.1) is 13.2 Å². The van der Waals surface area contributed by atoms with Crippen LogP contribution in [0.3, 0.4) is 0 Å². The maximum absolute atomic E-state index is 12.6. The van der Waals surface area contributed by atoms with E-state index in [9.17, 15) is 9.59 Å². The summed E-state index contributed by atoms with van der Waals surface area (Å²) in [7, 11) is 0. The summed E-state index contributed by atoms with van der Waals surface area (Å²) in [6, 6.07) is 0.0423. The van der Waals surface area contributed by atoms with Gasteiger partial charge in [-0.15, -0.1) is 0 Å². The quantitative estimate of drug-likeness (QED) is 0.805. The van der Waals surface area contributed by atoms with Crippen molar-refractivity contribution in [2.24, 2.45) is 11.8 Å². The summed E-state index contributed by atoms with van der Waals surface area (Å²) in [5.74, 6) is 1.19. The molecule has 0 aromatic carbocycles. The van der Waals surface area contributed by atoms with Gasteiger partial charge < -0.3 is 19.9 Å². The van der Waals surface area contributed by atoms with Crippen LogP contribution in [0.25, 0.3) is 0 Å². The summed E-state index contributed by atoms with van der Waals surface area (Å²) in [4.78, 5) is 31.1. The standard InChI is InChI=1S/C18H32N4O3/c1-2-19-18(24)22-6-3-15-13-17(23)21(5-4-16(15)14-22)8-7-20-9-11-25-12-10-20/h15-16H,2-14H2,1H3,(H,19,24). The molecule has 0 radical (unpaired) electrons. The van der Waals surface area contributed by atoms with Crippen LogP contribution in [0.5, 0.6) is 0 Å². The van der Waals surface area contributed by atoms with Crippen LogP contribution in [0.15, 0.2) is 0 Å². The first kappa shape index (κ1) is 18.5. The van der Waals surface area contributed by atoms with Crippen LogP contribution in [0.4, 0.5) is 4.79 Å². The van der Waals surface area contributed by atoms with E-state index in [-0.39, 0.29) is 6.03 Å². The fourth-order valence-corrected chi connectivity index (χ4v) is 4.25. The molecule has 3 saturated heterocycles. The second kappa shape index (κ2) is 8.85. The maximum atomic E-state index is 12.6. The van der Waals surface area contributed by atoms with Crippen molar-refractivity contribution in [1.82, 2.24) is 20.0 Å². The van der Waals surface area contributed by atoms with E-state index in [0.717, 1.165) is 71.9 Å². The molecule has 0 aromatic rings. The van der Waals surface area contributed by atoms with E-state index >= 15 is 0 Å². The number of carbonyl (C=O) groups is 2. The van der Waals surface area contributed by atoms with Gasteiger partial charge in [0.15, 0.2) is 0 Å². The van der Waals surface area contributed by atoms with Gasteiger partial charge in [0.1, 0.15) is 0 Å². The molecule has 3 aliphatic rings. The van der Waals surface area contributed by atoms with Crippen molar-refractivity contribution in [3.63, 3.8) is 0 Å². The first-order valence-electron chi connectivity index (χ1n) is 9.78. The molecule has 0 aromatic heterocycles. The zero-order valence-corrected chi connectivity index (χ0v) is 15.4. The Morgan fingerprint density at radius 3 is 2.64 bits per heavy atom. The first-order valence-corrected chi connectivity index (χ1v) is 9.78. The summed E-state index contributed by atoms with van der Waals surface area (Å²) < 4.78 is 5.38. The Morgan fingerprint density at radius 1 is 1.12 bits per heavy atom. The van der Waals surface area contributed by atoms with Gasteiger partial charge >= 0.3 is 6.03 Å². The number of ether oxygens (including phenoxy) is 1. The highest BCUT2D eigenvalue weighted by atomic mass is 16.5. The zero-order valence-electron chi connectivity index (χ0n) is 15.4. The largest absolute Gasteiger partial charge is 0.379 e. The predicted molar refractivity (Wildman–Crippen MR) is 95.3 cm³/mol. The summed E-state index contributed by atoms with van der Waals surface area (Å²) in [5, 5.41) is 2.89. The average Bonchev–Trinajstić information content (AvgIpc) is 2.79. The van der Waals surface area contributed by atoms with Gasteiger partial charge in [-0.2, -0.15) is 0 Å². The molecule has 2 unspecified atom stereocenters. The first-order chi connectivity index (χ1) is 12.2. The van der Waals surface area contributed by atoms with Crippen LogP contribution in [-0.2, 0) is 9.53 Å². The Kier molecular flexibility index (Phi) is 6.53. The summed E-state index contributed by atoms with van der Waals surface area (Å²) in [6.45, 7) is 10.3. The third-order valence-corrected chi connectivity index (χ3v) is 5.86. The lowest BCUT2D eigenvalue weighted by molar-refractivity contribution is -0.131. The molecule has 3 fully saturated rings. The van der Waals surface area contributed by atoms with Crippen molar-refractivity contribution in [2.75, 3.05) is 65.6 Å². The fraction of sp³-hybridized carbons (Fsp3) is 0.889. The molecule has 25 heavy (non-hydrogen) atoms. The number of likely N-dealkylation sites (tertiary alicyclic amines) is 2. The van der Waals surface area contributed by atoms with Crippen LogP contribution in [0.2, 0.25) is 0 Å². The molecule has 3 amide bonds. The number of hydrogen-bond acceptors (Lipinski definition) is 4. The molecule has 2 atom stereocenters. The lowest BCUT2D eigenvalue weighted by Gasteiger charge is -2.37. The van der Waals surface area contributed by atoms with Gasteiger partial charge in [0.2, 0.25) is 5.91 Å². The number of morpholine rings is 1. The molecule has 3 rings (SSSR count). The fourth-order valence-electron chi connectivity index (χ4n) is 4.25. The second-order valence-electron chi connectivity index (χ2n) is 7.42. The molecular weight excluding hydrogens is 320 g/mol. The molecule has 0 bridgehead atoms. The Balaban J connectivity index is 1.50. The molecular formula is C18H32N4O3. The van der Waals surface area contributed by atoms with Crippen LogP contribution in [-0.4, -0.2) is 92.2 Å². The highest BCUT2D eigenvalue weighted by Crippen LogP contribution is 2.32. The van der Waals surface area contributed by atoms with E-state index in [4.69, 9.17) is 4.74 Å². The molecule has 142 valence electrons. The van der Waals surface area contributed by atoms with Crippen LogP contribution in [0.1, 0.15) is 26.2 Å². The molecule has 7 heteroatoms. The maximum Gasteiger partial charge on any atom is 0.317 e. The molecule has 3 aliphatic heterocycles. The molecule has 0 saturated carbocycles. The summed E-state index contributed by atoms with van der Waals surface area (Å²) in [6.07, 6.45) is 2.61. The minimum absolute atomic E-state index is 0.0423. The van der Waals surface area contributed by atoms with Crippen molar-refractivity contribution in [3.05, 3.63) is 0 Å². The van der Waals surface area contributed by atoms with Crippen LogP contribution < -0.4 is 5.32 Å². The number of nitrogens with one attached hydrogen (secondary N) is 1. The van der Waals surface area contributed by atoms with Crippen LogP contribution in [0, 0.1) is 11.8 Å². The minimum atomic E-state index is 0.0423. The van der Waals surface area contributed by atoms with E-state index in [0.29, 0.717) is 30.7 Å². The second-order valence-corrected chi connectivity index (χ2v) is 7.42. The zero-order chi connectivity index (χ0) is 17.6. The Labute approximate surface area is 150 Å². The van der Waals surface area contributed by atoms with Gasteiger partial charge in [0.25, 0.3) is 0 Å². The molecule has 0 aliphatic carbocycles. The Bertz CT molecular complexity index is 467. The number of nitrogens with zero attached hydrogens (tertiary/aromatic N) is 3. The number of carbonyl (C=O) groups excluding carboxylic acids is 2. The third kappa shape index (κ3) is 4.85. The monoisotopic (exact) mass is 352 g/mol. The lowest BCUT2D eigenvalue weighted by Crippen LogP contribution is -2.48. The van der Waals surface area contributed by atoms with Gasteiger partial charge in [-0.1, -0.05) is 0 Å². The number of urea groups is 1. The predicted octanol–water partition coefficient (Wildman–Crippen LogP) is 0.609. The normalized spacial score (nSPS) is 28.4. The molecule has 7 nitrogen and oxygen atoms in total. The molecule has 3 heterocycles. The van der Waals surface area contributed by atoms with Crippen molar-refractivity contribution >= 4 is 11.9 Å². The van der Waals surface area contributed by atoms with Crippen molar-refractivity contribution in [2.45, 2.75) is 26.2 Å². The van der Waals surface area contributed by atoms with Gasteiger partial charge in [-0.25, -0.2) is 4.79 Å². The lowest BCUT2D eigenvalue weighted by atomic mass is 9.82. The Morgan fingerprint density at radius 2 is 1.88 bits per heavy atom. The van der Waals surface area contributed by atoms with Crippen LogP contribution >= 0.6 is 0 Å². The van der Waals surface area contributed by atoms with Gasteiger partial charge in [-0.3, -0.25) is 9.69 Å². The highest BCUT2D eigenvalue weighted by molar-refractivity contribution is 5.77. The number of rotatable bonds is 4. The topological polar surface area (TPSA) is 65.1 Å². The van der Waals surface area contributed by atoms with E-state index in [2.05, 4.69) is 10.2 Å². The smallest absolute Gasteiger partial charge is 0.317 e. The number of piperidine rings is 1. The summed E-state index contributed by atoms with van der Waals surface area (Å²) >= 11 is 0. The number of fused-ring (bicyclic) bond motifs is 1. The molecule has 1 N–H and O–H groups in total. The SMILES string of the molecule is CCNC(=O)N1CCC2CC(=O)N(CCN3CCOCC3)CCC2C1. The Hall–Kier alpha value is -1.34.